The second kappa shape index (κ2) is 6.75. The minimum absolute atomic E-state index is 0.104. The number of hydrogen-bond acceptors (Lipinski definition) is 6. The molecule has 0 radical (unpaired) electrons. The topological polar surface area (TPSA) is 83.7 Å². The molecule has 0 spiro atoms. The average molecular weight is 366 g/mol. The molecule has 0 aliphatic heterocycles. The van der Waals surface area contributed by atoms with E-state index in [0.717, 1.165) is 18.2 Å². The van der Waals surface area contributed by atoms with Gasteiger partial charge in [-0.3, -0.25) is 15.1 Å². The highest BCUT2D eigenvalue weighted by molar-refractivity contribution is 5.88. The molecule has 1 saturated carbocycles. The van der Waals surface area contributed by atoms with Crippen LogP contribution in [0.15, 0.2) is 42.6 Å². The molecular weight excluding hydrogens is 348 g/mol. The molecule has 1 heterocycles. The summed E-state index contributed by atoms with van der Waals surface area (Å²) in [7, 11) is 3.13. The Morgan fingerprint density at radius 1 is 1.04 bits per heavy atom. The molecule has 1 aliphatic rings. The van der Waals surface area contributed by atoms with E-state index in [1.807, 2.05) is 0 Å². The maximum atomic E-state index is 11.4. The van der Waals surface area contributed by atoms with Gasteiger partial charge in [-0.2, -0.15) is 0 Å². The van der Waals surface area contributed by atoms with Crippen LogP contribution in [-0.2, 0) is 0 Å². The molecule has 0 saturated heterocycles. The number of methoxy groups -OCH3 is 2. The van der Waals surface area contributed by atoms with Crippen molar-refractivity contribution < 1.29 is 19.1 Å². The Bertz CT molecular complexity index is 1030. The molecule has 3 aromatic rings. The monoisotopic (exact) mass is 366 g/mol. The van der Waals surface area contributed by atoms with Gasteiger partial charge in [-0.1, -0.05) is 6.07 Å². The number of ether oxygens (including phenoxy) is 3. The predicted octanol–water partition coefficient (Wildman–Crippen LogP) is 4.83. The number of nitro groups is 1. The van der Waals surface area contributed by atoms with Crippen LogP contribution in [0.3, 0.4) is 0 Å². The van der Waals surface area contributed by atoms with Gasteiger partial charge in [-0.05, 0) is 37.0 Å². The number of fused-ring (bicyclic) bond motifs is 1. The maximum Gasteiger partial charge on any atom is 0.276 e. The van der Waals surface area contributed by atoms with Crippen molar-refractivity contribution in [3.63, 3.8) is 0 Å². The van der Waals surface area contributed by atoms with Gasteiger partial charge in [-0.25, -0.2) is 0 Å². The summed E-state index contributed by atoms with van der Waals surface area (Å²) in [5.74, 6) is 2.37. The van der Waals surface area contributed by atoms with Crippen LogP contribution < -0.4 is 14.2 Å². The minimum atomic E-state index is -0.348. The van der Waals surface area contributed by atoms with Gasteiger partial charge >= 0.3 is 0 Å². The standard InChI is InChI=1S/C20H18N2O5/c1-25-18-10-13-14(11-19(18)26-2)21-9-8-16(13)27-17-5-3-4-15(22(23)24)20(17)12-6-7-12/h3-5,8-12H,6-7H2,1-2H3. The summed E-state index contributed by atoms with van der Waals surface area (Å²) in [5, 5.41) is 12.2. The lowest BCUT2D eigenvalue weighted by Gasteiger charge is -2.14. The van der Waals surface area contributed by atoms with Crippen molar-refractivity contribution in [1.82, 2.24) is 4.98 Å². The van der Waals surface area contributed by atoms with Crippen molar-refractivity contribution in [2.75, 3.05) is 14.2 Å². The van der Waals surface area contributed by atoms with Gasteiger partial charge in [0.15, 0.2) is 11.5 Å². The van der Waals surface area contributed by atoms with E-state index in [1.54, 1.807) is 50.7 Å². The normalized spacial score (nSPS) is 13.4. The van der Waals surface area contributed by atoms with Crippen molar-refractivity contribution in [3.8, 4) is 23.0 Å². The van der Waals surface area contributed by atoms with Gasteiger partial charge in [0.2, 0.25) is 0 Å². The molecule has 0 bridgehead atoms. The van der Waals surface area contributed by atoms with Crippen molar-refractivity contribution in [3.05, 3.63) is 58.3 Å². The number of benzene rings is 2. The third kappa shape index (κ3) is 3.12. The molecule has 1 aromatic heterocycles. The van der Waals surface area contributed by atoms with E-state index in [2.05, 4.69) is 4.98 Å². The molecule has 138 valence electrons. The first kappa shape index (κ1) is 17.1. The van der Waals surface area contributed by atoms with Gasteiger partial charge in [0.05, 0.1) is 30.2 Å². The minimum Gasteiger partial charge on any atom is -0.493 e. The van der Waals surface area contributed by atoms with Crippen LogP contribution in [0, 0.1) is 10.1 Å². The molecule has 27 heavy (non-hydrogen) atoms. The summed E-state index contributed by atoms with van der Waals surface area (Å²) in [6.45, 7) is 0. The van der Waals surface area contributed by atoms with Crippen LogP contribution >= 0.6 is 0 Å². The fraction of sp³-hybridized carbons (Fsp3) is 0.250. The van der Waals surface area contributed by atoms with E-state index in [9.17, 15) is 10.1 Å². The molecule has 0 unspecified atom stereocenters. The number of nitrogens with zero attached hydrogens (tertiary/aromatic N) is 2. The van der Waals surface area contributed by atoms with E-state index >= 15 is 0 Å². The third-order valence-corrected chi connectivity index (χ3v) is 4.65. The fourth-order valence-electron chi connectivity index (χ4n) is 3.22. The SMILES string of the molecule is COc1cc2nccc(Oc3cccc([N+](=O)[O-])c3C3CC3)c2cc1OC. The Balaban J connectivity index is 1.83. The van der Waals surface area contributed by atoms with E-state index in [4.69, 9.17) is 14.2 Å². The number of nitro benzene ring substituents is 1. The first-order chi connectivity index (χ1) is 13.1. The molecule has 7 heteroatoms. The van der Waals surface area contributed by atoms with Crippen molar-refractivity contribution in [2.24, 2.45) is 0 Å². The summed E-state index contributed by atoms with van der Waals surface area (Å²) in [6.07, 6.45) is 3.50. The first-order valence-electron chi connectivity index (χ1n) is 8.58. The molecule has 4 rings (SSSR count). The quantitative estimate of drug-likeness (QED) is 0.459. The van der Waals surface area contributed by atoms with E-state index < -0.39 is 0 Å². The highest BCUT2D eigenvalue weighted by Crippen LogP contribution is 2.49. The Kier molecular flexibility index (Phi) is 4.27. The number of hydrogen-bond donors (Lipinski definition) is 0. The van der Waals surface area contributed by atoms with E-state index in [1.165, 1.54) is 6.07 Å². The molecule has 0 amide bonds. The summed E-state index contributed by atoms with van der Waals surface area (Å²) in [6, 6.07) is 10.3. The summed E-state index contributed by atoms with van der Waals surface area (Å²) < 4.78 is 16.8. The molecule has 0 N–H and O–H groups in total. The molecule has 1 aliphatic carbocycles. The Morgan fingerprint density at radius 2 is 1.78 bits per heavy atom. The van der Waals surface area contributed by atoms with Gasteiger partial charge in [-0.15, -0.1) is 0 Å². The van der Waals surface area contributed by atoms with Crippen molar-refractivity contribution in [2.45, 2.75) is 18.8 Å². The highest BCUT2D eigenvalue weighted by atomic mass is 16.6. The number of pyridine rings is 1. The van der Waals surface area contributed by atoms with Gasteiger partial charge in [0.1, 0.15) is 11.5 Å². The molecule has 7 nitrogen and oxygen atoms in total. The Labute approximate surface area is 155 Å². The summed E-state index contributed by atoms with van der Waals surface area (Å²) in [4.78, 5) is 15.4. The second-order valence-corrected chi connectivity index (χ2v) is 6.36. The second-order valence-electron chi connectivity index (χ2n) is 6.36. The molecule has 2 aromatic carbocycles. The molecule has 0 atom stereocenters. The predicted molar refractivity (Wildman–Crippen MR) is 100.0 cm³/mol. The first-order valence-corrected chi connectivity index (χ1v) is 8.58. The van der Waals surface area contributed by atoms with Crippen molar-refractivity contribution >= 4 is 16.6 Å². The molecular formula is C20H18N2O5. The zero-order valence-electron chi connectivity index (χ0n) is 15.0. The number of rotatable bonds is 6. The fourth-order valence-corrected chi connectivity index (χ4v) is 3.22. The van der Waals surface area contributed by atoms with E-state index in [-0.39, 0.29) is 16.5 Å². The maximum absolute atomic E-state index is 11.4. The lowest BCUT2D eigenvalue weighted by atomic mass is 10.1. The Morgan fingerprint density at radius 3 is 2.44 bits per heavy atom. The summed E-state index contributed by atoms with van der Waals surface area (Å²) >= 11 is 0. The lowest BCUT2D eigenvalue weighted by Crippen LogP contribution is -1.98. The van der Waals surface area contributed by atoms with Crippen LogP contribution in [0.1, 0.15) is 24.3 Å². The van der Waals surface area contributed by atoms with Crippen LogP contribution in [0.4, 0.5) is 5.69 Å². The average Bonchev–Trinajstić information content (AvgIpc) is 3.52. The van der Waals surface area contributed by atoms with Crippen LogP contribution in [0.5, 0.6) is 23.0 Å². The highest BCUT2D eigenvalue weighted by Gasteiger charge is 2.34. The molecule has 1 fully saturated rings. The van der Waals surface area contributed by atoms with E-state index in [0.29, 0.717) is 34.1 Å². The summed E-state index contributed by atoms with van der Waals surface area (Å²) in [5.41, 5.74) is 1.45. The van der Waals surface area contributed by atoms with Gasteiger partial charge in [0.25, 0.3) is 5.69 Å². The largest absolute Gasteiger partial charge is 0.493 e. The number of aromatic nitrogens is 1. The van der Waals surface area contributed by atoms with Crippen LogP contribution in [-0.4, -0.2) is 24.1 Å². The smallest absolute Gasteiger partial charge is 0.276 e. The lowest BCUT2D eigenvalue weighted by molar-refractivity contribution is -0.385. The van der Waals surface area contributed by atoms with Gasteiger partial charge in [0, 0.05) is 23.7 Å². The van der Waals surface area contributed by atoms with Crippen LogP contribution in [0.2, 0.25) is 0 Å². The van der Waals surface area contributed by atoms with Crippen molar-refractivity contribution in [1.29, 1.82) is 0 Å². The zero-order chi connectivity index (χ0) is 19.0. The van der Waals surface area contributed by atoms with Crippen LogP contribution in [0.25, 0.3) is 10.9 Å². The zero-order valence-corrected chi connectivity index (χ0v) is 15.0. The Hall–Kier alpha value is -3.35. The third-order valence-electron chi connectivity index (χ3n) is 4.65. The van der Waals surface area contributed by atoms with Gasteiger partial charge < -0.3 is 14.2 Å².